The Morgan fingerprint density at radius 3 is 1.36 bits per heavy atom. The Labute approximate surface area is 339 Å². The van der Waals surface area contributed by atoms with E-state index in [0.29, 0.717) is 17.4 Å². The van der Waals surface area contributed by atoms with E-state index in [9.17, 15) is 19.0 Å². The fraction of sp³-hybridized carbons (Fsp3) is 0.911. The largest absolute Gasteiger partial charge is 0.472 e. The van der Waals surface area contributed by atoms with Crippen LogP contribution in [0.5, 0.6) is 0 Å². The van der Waals surface area contributed by atoms with Gasteiger partial charge in [-0.25, -0.2) is 4.57 Å². The van der Waals surface area contributed by atoms with Gasteiger partial charge in [-0.15, -0.1) is 0 Å². The average Bonchev–Trinajstić information content (AvgIpc) is 3.13. The lowest BCUT2D eigenvalue weighted by atomic mass is 10.0. The van der Waals surface area contributed by atoms with Crippen LogP contribution >= 0.6 is 7.82 Å². The lowest BCUT2D eigenvalue weighted by Crippen LogP contribution is -2.37. The maximum atomic E-state index is 12.7. The predicted molar refractivity (Wildman–Crippen MR) is 229 cm³/mol. The molecule has 0 aliphatic heterocycles. The maximum Gasteiger partial charge on any atom is 0.472 e. The Hall–Kier alpha value is -1.25. The number of esters is 2. The number of carbonyl (C=O) groups is 2. The number of allylic oxidation sites excluding steroid dienone is 2. The van der Waals surface area contributed by atoms with Crippen LogP contribution in [-0.4, -0.2) is 74.9 Å². The van der Waals surface area contributed by atoms with Gasteiger partial charge in [0.2, 0.25) is 0 Å². The molecule has 0 spiro atoms. The minimum Gasteiger partial charge on any atom is -0.462 e. The van der Waals surface area contributed by atoms with Gasteiger partial charge in [0.1, 0.15) is 19.8 Å². The zero-order valence-electron chi connectivity index (χ0n) is 36.7. The Balaban J connectivity index is 4.30. The van der Waals surface area contributed by atoms with E-state index in [1.807, 2.05) is 21.1 Å². The zero-order chi connectivity index (χ0) is 40.7. The van der Waals surface area contributed by atoms with Gasteiger partial charge in [0.25, 0.3) is 0 Å². The number of ether oxygens (including phenoxy) is 2. The molecule has 1 unspecified atom stereocenters. The quantitative estimate of drug-likeness (QED) is 0.0214. The molecule has 0 saturated carbocycles. The Morgan fingerprint density at radius 1 is 0.545 bits per heavy atom. The molecule has 1 N–H and O–H groups in total. The first-order valence-corrected chi connectivity index (χ1v) is 24.4. The molecule has 0 aromatic carbocycles. The molecule has 10 heteroatoms. The first-order chi connectivity index (χ1) is 26.5. The van der Waals surface area contributed by atoms with Crippen LogP contribution in [0.2, 0.25) is 0 Å². The van der Waals surface area contributed by atoms with E-state index in [4.69, 9.17) is 18.5 Å². The van der Waals surface area contributed by atoms with E-state index in [1.54, 1.807) is 0 Å². The van der Waals surface area contributed by atoms with Crippen molar-refractivity contribution < 1.29 is 42.1 Å². The minimum absolute atomic E-state index is 0.0327. The molecule has 326 valence electrons. The second kappa shape index (κ2) is 38.3. The molecular weight excluding hydrogens is 713 g/mol. The van der Waals surface area contributed by atoms with Gasteiger partial charge in [-0.2, -0.15) is 0 Å². The number of carbonyl (C=O) groups excluding carboxylic acids is 2. The van der Waals surface area contributed by atoms with E-state index in [1.165, 1.54) is 135 Å². The van der Waals surface area contributed by atoms with E-state index in [-0.39, 0.29) is 32.0 Å². The number of phosphoric acid groups is 1. The number of hydrogen-bond acceptors (Lipinski definition) is 7. The molecule has 0 aliphatic carbocycles. The topological polar surface area (TPSA) is 108 Å². The number of phosphoric ester groups is 1. The molecule has 2 atom stereocenters. The summed E-state index contributed by atoms with van der Waals surface area (Å²) in [5, 5.41) is 0. The molecule has 0 rings (SSSR count). The van der Waals surface area contributed by atoms with Gasteiger partial charge >= 0.3 is 19.8 Å². The number of rotatable bonds is 42. The van der Waals surface area contributed by atoms with Crippen LogP contribution in [0.4, 0.5) is 0 Å². The lowest BCUT2D eigenvalue weighted by molar-refractivity contribution is -0.870. The smallest absolute Gasteiger partial charge is 0.462 e. The van der Waals surface area contributed by atoms with Crippen molar-refractivity contribution in [1.29, 1.82) is 0 Å². The molecule has 0 bridgehead atoms. The summed E-state index contributed by atoms with van der Waals surface area (Å²) in [6.07, 6.45) is 39.7. The third-order valence-electron chi connectivity index (χ3n) is 10.0. The number of nitrogens with zero attached hydrogens (tertiary/aromatic N) is 1. The maximum absolute atomic E-state index is 12.7. The summed E-state index contributed by atoms with van der Waals surface area (Å²) in [5.74, 6) is -0.807. The monoisotopic (exact) mass is 803 g/mol. The summed E-state index contributed by atoms with van der Waals surface area (Å²) >= 11 is 0. The molecule has 0 radical (unpaired) electrons. The average molecular weight is 803 g/mol. The van der Waals surface area contributed by atoms with Gasteiger partial charge in [-0.3, -0.25) is 18.6 Å². The highest BCUT2D eigenvalue weighted by molar-refractivity contribution is 7.47. The Bertz CT molecular complexity index is 954. The molecule has 0 aromatic heterocycles. The first-order valence-electron chi connectivity index (χ1n) is 22.9. The molecular formula is C45H89NO8P+. The second-order valence-corrected chi connectivity index (χ2v) is 18.2. The molecule has 9 nitrogen and oxygen atoms in total. The van der Waals surface area contributed by atoms with Crippen LogP contribution in [0.1, 0.15) is 213 Å². The van der Waals surface area contributed by atoms with E-state index < -0.39 is 26.5 Å². The predicted octanol–water partition coefficient (Wildman–Crippen LogP) is 13.0. The number of unbranched alkanes of at least 4 members (excludes halogenated alkanes) is 26. The van der Waals surface area contributed by atoms with Gasteiger partial charge in [0.05, 0.1) is 27.7 Å². The van der Waals surface area contributed by atoms with Crippen LogP contribution in [0.15, 0.2) is 12.2 Å². The van der Waals surface area contributed by atoms with E-state index in [2.05, 4.69) is 26.0 Å². The second-order valence-electron chi connectivity index (χ2n) is 16.8. The van der Waals surface area contributed by atoms with Crippen molar-refractivity contribution in [3.05, 3.63) is 12.2 Å². The molecule has 0 amide bonds. The van der Waals surface area contributed by atoms with E-state index >= 15 is 0 Å². The summed E-state index contributed by atoms with van der Waals surface area (Å²) in [6.45, 7) is 4.43. The SMILES string of the molecule is CCCCCCCC/C=C/CCCCCC(=O)OC[C@H](COP(=O)(O)OCC[N+](C)(C)C)OC(=O)CCCCCCCCCCCCCCCCCCCC. The van der Waals surface area contributed by atoms with Gasteiger partial charge < -0.3 is 18.9 Å². The normalized spacial score (nSPS) is 13.6. The fourth-order valence-electron chi connectivity index (χ4n) is 6.42. The number of hydrogen-bond donors (Lipinski definition) is 1. The molecule has 0 aromatic rings. The van der Waals surface area contributed by atoms with Crippen molar-refractivity contribution >= 4 is 19.8 Å². The van der Waals surface area contributed by atoms with E-state index in [0.717, 1.165) is 44.9 Å². The van der Waals surface area contributed by atoms with Gasteiger partial charge in [-0.1, -0.05) is 174 Å². The van der Waals surface area contributed by atoms with Crippen LogP contribution in [0.25, 0.3) is 0 Å². The van der Waals surface area contributed by atoms with Gasteiger partial charge in [0, 0.05) is 12.8 Å². The van der Waals surface area contributed by atoms with Crippen molar-refractivity contribution in [1.82, 2.24) is 0 Å². The molecule has 55 heavy (non-hydrogen) atoms. The van der Waals surface area contributed by atoms with Crippen LogP contribution in [0, 0.1) is 0 Å². The lowest BCUT2D eigenvalue weighted by Gasteiger charge is -2.24. The summed E-state index contributed by atoms with van der Waals surface area (Å²) in [5.41, 5.74) is 0. The Kier molecular flexibility index (Phi) is 37.4. The highest BCUT2D eigenvalue weighted by Crippen LogP contribution is 2.43. The van der Waals surface area contributed by atoms with Crippen LogP contribution in [0.3, 0.4) is 0 Å². The minimum atomic E-state index is -4.37. The molecule has 0 saturated heterocycles. The fourth-order valence-corrected chi connectivity index (χ4v) is 7.16. The summed E-state index contributed by atoms with van der Waals surface area (Å²) < 4.78 is 34.3. The van der Waals surface area contributed by atoms with Crippen molar-refractivity contribution in [2.24, 2.45) is 0 Å². The molecule has 0 aliphatic rings. The summed E-state index contributed by atoms with van der Waals surface area (Å²) in [7, 11) is 1.48. The Morgan fingerprint density at radius 2 is 0.927 bits per heavy atom. The molecule has 0 fully saturated rings. The first kappa shape index (κ1) is 53.8. The highest BCUT2D eigenvalue weighted by Gasteiger charge is 2.27. The zero-order valence-corrected chi connectivity index (χ0v) is 37.6. The van der Waals surface area contributed by atoms with Gasteiger partial charge in [0.15, 0.2) is 6.10 Å². The van der Waals surface area contributed by atoms with Crippen LogP contribution < -0.4 is 0 Å². The highest BCUT2D eigenvalue weighted by atomic mass is 31.2. The van der Waals surface area contributed by atoms with Crippen molar-refractivity contribution in [2.75, 3.05) is 47.5 Å². The van der Waals surface area contributed by atoms with Crippen molar-refractivity contribution in [3.8, 4) is 0 Å². The number of likely N-dealkylation sites (N-methyl/N-ethyl adjacent to an activating group) is 1. The summed E-state index contributed by atoms with van der Waals surface area (Å²) in [4.78, 5) is 35.4. The standard InChI is InChI=1S/C45H88NO8P/c1-6-8-10-12-14-16-18-20-21-22-23-24-26-28-30-32-34-36-38-45(48)54-43(42-53-55(49,50)52-40-39-46(3,4)5)41-51-44(47)37-35-33-31-29-27-25-19-17-15-13-11-9-7-2/h25,27,43H,6-24,26,28-42H2,1-5H3/p+1/b27-25+/t43-/m1/s1. The van der Waals surface area contributed by atoms with Crippen molar-refractivity contribution in [3.63, 3.8) is 0 Å². The van der Waals surface area contributed by atoms with Gasteiger partial charge in [-0.05, 0) is 38.5 Å². The third kappa shape index (κ3) is 42.2. The van der Waals surface area contributed by atoms with Crippen molar-refractivity contribution in [2.45, 2.75) is 219 Å². The number of quaternary nitrogens is 1. The molecule has 0 heterocycles. The van der Waals surface area contributed by atoms with Crippen LogP contribution in [-0.2, 0) is 32.7 Å². The third-order valence-corrected chi connectivity index (χ3v) is 11.0. The summed E-state index contributed by atoms with van der Waals surface area (Å²) in [6, 6.07) is 0.